The molecule has 0 saturated heterocycles. The molecule has 0 saturated carbocycles. The van der Waals surface area contributed by atoms with E-state index in [4.69, 9.17) is 5.73 Å². The smallest absolute Gasteiger partial charge is 0.0918 e. The maximum Gasteiger partial charge on any atom is 0.0918 e. The van der Waals surface area contributed by atoms with Gasteiger partial charge in [-0.05, 0) is 114 Å². The average Bonchev–Trinajstić information content (AvgIpc) is 3.57. The second-order valence-corrected chi connectivity index (χ2v) is 14.7. The fourth-order valence-corrected chi connectivity index (χ4v) is 9.19. The van der Waals surface area contributed by atoms with Gasteiger partial charge in [-0.25, -0.2) is 0 Å². The van der Waals surface area contributed by atoms with Gasteiger partial charge in [0.1, 0.15) is 0 Å². The molecule has 1 aliphatic heterocycles. The standard InChI is InChI=1S/C53H40N2/c1-2-15-36-26-27-37-29-31-48(55-52(37)51(36)54)41-20-14-19-38(32-41)39-28-30-45-47(34-39)53(42-21-8-4-9-22-42,43-23-10-5-11-24-43)50-44-25-13-12-18-40(44)33-46(49(45)50)35-16-6-3-7-17-35/h2-34,52,55H,54H2,1H3/b15-2-. The SMILES string of the molecule is C/C=C\C1=C(N)C2NC(c3cccc(-c4ccc5c(c4)C(c4ccccc4)(c4ccccc4)c4c-5c(-c5ccccc5)cc5ccccc45)c3)=CC=C2C=C1. The minimum absolute atomic E-state index is 0.0654. The summed E-state index contributed by atoms with van der Waals surface area (Å²) in [5.41, 5.74) is 23.9. The Bertz CT molecular complexity index is 2740. The van der Waals surface area contributed by atoms with Gasteiger partial charge < -0.3 is 11.1 Å². The maximum absolute atomic E-state index is 6.72. The molecule has 1 unspecified atom stereocenters. The molecule has 3 aliphatic rings. The highest BCUT2D eigenvalue weighted by atomic mass is 15.0. The molecule has 0 aromatic heterocycles. The molecule has 7 aromatic rings. The Morgan fingerprint density at radius 2 is 1.24 bits per heavy atom. The molecule has 0 amide bonds. The summed E-state index contributed by atoms with van der Waals surface area (Å²) in [4.78, 5) is 0. The van der Waals surface area contributed by atoms with Gasteiger partial charge in [-0.2, -0.15) is 0 Å². The van der Waals surface area contributed by atoms with Gasteiger partial charge >= 0.3 is 0 Å². The van der Waals surface area contributed by atoms with E-state index in [-0.39, 0.29) is 6.04 Å². The molecule has 1 heterocycles. The van der Waals surface area contributed by atoms with Crippen molar-refractivity contribution in [3.63, 3.8) is 0 Å². The van der Waals surface area contributed by atoms with Crippen LogP contribution in [0.3, 0.4) is 0 Å². The van der Waals surface area contributed by atoms with Gasteiger partial charge in [-0.15, -0.1) is 0 Å². The van der Waals surface area contributed by atoms with Crippen LogP contribution in [0.1, 0.15) is 34.7 Å². The van der Waals surface area contributed by atoms with E-state index in [0.29, 0.717) is 0 Å². The van der Waals surface area contributed by atoms with Crippen molar-refractivity contribution >= 4 is 16.5 Å². The summed E-state index contributed by atoms with van der Waals surface area (Å²) in [6.45, 7) is 2.02. The first-order valence-electron chi connectivity index (χ1n) is 19.1. The summed E-state index contributed by atoms with van der Waals surface area (Å²) in [5.74, 6) is 0. The van der Waals surface area contributed by atoms with Gasteiger partial charge in [0.2, 0.25) is 0 Å². The Labute approximate surface area is 323 Å². The minimum atomic E-state index is -0.567. The minimum Gasteiger partial charge on any atom is -0.400 e. The number of benzene rings is 7. The van der Waals surface area contributed by atoms with E-state index in [2.05, 4.69) is 199 Å². The molecule has 1 atom stereocenters. The summed E-state index contributed by atoms with van der Waals surface area (Å²) in [6, 6.07) is 60.4. The van der Waals surface area contributed by atoms with Crippen LogP contribution in [0.5, 0.6) is 0 Å². The second kappa shape index (κ2) is 13.2. The van der Waals surface area contributed by atoms with E-state index in [9.17, 15) is 0 Å². The molecular formula is C53H40N2. The summed E-state index contributed by atoms with van der Waals surface area (Å²) in [6.07, 6.45) is 12.7. The van der Waals surface area contributed by atoms with Crippen molar-refractivity contribution in [3.05, 3.63) is 245 Å². The van der Waals surface area contributed by atoms with Gasteiger partial charge in [0.15, 0.2) is 0 Å². The molecule has 262 valence electrons. The number of hydrogen-bond donors (Lipinski definition) is 2. The van der Waals surface area contributed by atoms with E-state index in [1.165, 1.54) is 72.0 Å². The summed E-state index contributed by atoms with van der Waals surface area (Å²) >= 11 is 0. The topological polar surface area (TPSA) is 38.0 Å². The van der Waals surface area contributed by atoms with E-state index in [1.54, 1.807) is 0 Å². The lowest BCUT2D eigenvalue weighted by Gasteiger charge is -2.35. The molecule has 55 heavy (non-hydrogen) atoms. The number of nitrogens with one attached hydrogen (secondary N) is 1. The molecule has 0 radical (unpaired) electrons. The molecule has 2 aliphatic carbocycles. The van der Waals surface area contributed by atoms with Gasteiger partial charge in [0, 0.05) is 11.4 Å². The highest BCUT2D eigenvalue weighted by Gasteiger charge is 2.48. The first-order valence-corrected chi connectivity index (χ1v) is 19.1. The Hall–Kier alpha value is -6.90. The van der Waals surface area contributed by atoms with E-state index >= 15 is 0 Å². The van der Waals surface area contributed by atoms with Crippen LogP contribution >= 0.6 is 0 Å². The summed E-state index contributed by atoms with van der Waals surface area (Å²) < 4.78 is 0. The molecule has 0 bridgehead atoms. The summed E-state index contributed by atoms with van der Waals surface area (Å²) in [5, 5.41) is 6.28. The van der Waals surface area contributed by atoms with Crippen LogP contribution in [0.2, 0.25) is 0 Å². The van der Waals surface area contributed by atoms with Gasteiger partial charge in [-0.1, -0.05) is 176 Å². The number of allylic oxidation sites excluding steroid dienone is 6. The normalized spacial score (nSPS) is 16.6. The van der Waals surface area contributed by atoms with Crippen molar-refractivity contribution in [2.45, 2.75) is 18.4 Å². The van der Waals surface area contributed by atoms with Crippen LogP contribution < -0.4 is 11.1 Å². The van der Waals surface area contributed by atoms with Crippen molar-refractivity contribution in [3.8, 4) is 33.4 Å². The van der Waals surface area contributed by atoms with Crippen molar-refractivity contribution in [1.82, 2.24) is 5.32 Å². The van der Waals surface area contributed by atoms with Crippen molar-refractivity contribution in [2.75, 3.05) is 0 Å². The van der Waals surface area contributed by atoms with Crippen LogP contribution in [0.15, 0.2) is 217 Å². The molecule has 0 fully saturated rings. The maximum atomic E-state index is 6.72. The number of hydrogen-bond acceptors (Lipinski definition) is 2. The van der Waals surface area contributed by atoms with E-state index < -0.39 is 5.41 Å². The van der Waals surface area contributed by atoms with Gasteiger partial charge in [-0.3, -0.25) is 0 Å². The third kappa shape index (κ3) is 5.17. The first kappa shape index (κ1) is 32.7. The first-order chi connectivity index (χ1) is 27.1. The van der Waals surface area contributed by atoms with Crippen molar-refractivity contribution in [1.29, 1.82) is 0 Å². The average molecular weight is 705 g/mol. The second-order valence-electron chi connectivity index (χ2n) is 14.7. The van der Waals surface area contributed by atoms with Crippen molar-refractivity contribution in [2.24, 2.45) is 5.73 Å². The fraction of sp³-hybridized carbons (Fsp3) is 0.0566. The van der Waals surface area contributed by atoms with Crippen LogP contribution in [-0.2, 0) is 5.41 Å². The lowest BCUT2D eigenvalue weighted by Crippen LogP contribution is -2.38. The molecule has 2 heteroatoms. The van der Waals surface area contributed by atoms with Gasteiger partial charge in [0.05, 0.1) is 11.5 Å². The number of rotatable bonds is 6. The molecule has 7 aromatic carbocycles. The van der Waals surface area contributed by atoms with Crippen LogP contribution in [0, 0.1) is 0 Å². The number of nitrogens with two attached hydrogens (primary N) is 1. The van der Waals surface area contributed by atoms with E-state index in [0.717, 1.165) is 22.5 Å². The van der Waals surface area contributed by atoms with E-state index in [1.807, 2.05) is 13.0 Å². The molecular weight excluding hydrogens is 665 g/mol. The fourth-order valence-electron chi connectivity index (χ4n) is 9.19. The molecule has 0 spiro atoms. The molecule has 2 nitrogen and oxygen atoms in total. The molecule has 10 rings (SSSR count). The Morgan fingerprint density at radius 3 is 1.98 bits per heavy atom. The highest BCUT2D eigenvalue weighted by molar-refractivity contribution is 6.07. The lowest BCUT2D eigenvalue weighted by molar-refractivity contribution is 0.754. The van der Waals surface area contributed by atoms with Crippen LogP contribution in [0.4, 0.5) is 0 Å². The number of fused-ring (bicyclic) bond motifs is 6. The third-order valence-electron chi connectivity index (χ3n) is 11.6. The summed E-state index contributed by atoms with van der Waals surface area (Å²) in [7, 11) is 0. The number of dihydropyridines is 1. The third-order valence-corrected chi connectivity index (χ3v) is 11.6. The quantitative estimate of drug-likeness (QED) is 0.181. The van der Waals surface area contributed by atoms with Crippen LogP contribution in [0.25, 0.3) is 49.9 Å². The predicted molar refractivity (Wildman–Crippen MR) is 230 cm³/mol. The highest BCUT2D eigenvalue weighted by Crippen LogP contribution is 2.61. The Balaban J connectivity index is 1.21. The Morgan fingerprint density at radius 1 is 0.582 bits per heavy atom. The largest absolute Gasteiger partial charge is 0.400 e. The van der Waals surface area contributed by atoms with Gasteiger partial charge in [0.25, 0.3) is 0 Å². The monoisotopic (exact) mass is 704 g/mol. The Kier molecular flexibility index (Phi) is 7.85. The predicted octanol–water partition coefficient (Wildman–Crippen LogP) is 12.1. The zero-order valence-corrected chi connectivity index (χ0v) is 30.7. The van der Waals surface area contributed by atoms with Crippen molar-refractivity contribution < 1.29 is 0 Å². The zero-order chi connectivity index (χ0) is 36.9. The van der Waals surface area contributed by atoms with Crippen LogP contribution in [-0.4, -0.2) is 6.04 Å². The zero-order valence-electron chi connectivity index (χ0n) is 30.7. The molecule has 3 N–H and O–H groups in total. The lowest BCUT2D eigenvalue weighted by atomic mass is 9.66.